The number of aromatic nitrogens is 1. The molecule has 0 saturated heterocycles. The van der Waals surface area contributed by atoms with E-state index in [0.29, 0.717) is 6.17 Å². The van der Waals surface area contributed by atoms with Crippen molar-refractivity contribution in [2.75, 3.05) is 21.3 Å². The molecule has 1 aromatic heterocycles. The lowest BCUT2D eigenvalue weighted by Gasteiger charge is -2.20. The molecule has 0 unspecified atom stereocenters. The summed E-state index contributed by atoms with van der Waals surface area (Å²) in [5, 5.41) is 0. The molecule has 1 aromatic rings. The summed E-state index contributed by atoms with van der Waals surface area (Å²) in [7, 11) is 2.36. The lowest BCUT2D eigenvalue weighted by molar-refractivity contribution is -0.685. The van der Waals surface area contributed by atoms with Crippen LogP contribution in [0.15, 0.2) is 24.5 Å². The molecule has 1 heterocycles. The fourth-order valence-corrected chi connectivity index (χ4v) is 3.35. The second kappa shape index (κ2) is 7.63. The molecule has 102 valence electrons. The van der Waals surface area contributed by atoms with Crippen LogP contribution in [0.3, 0.4) is 0 Å². The smallest absolute Gasteiger partial charge is 0.373 e. The maximum atomic E-state index is 5.41. The van der Waals surface area contributed by atoms with Gasteiger partial charge in [-0.1, -0.05) is 13.3 Å². The van der Waals surface area contributed by atoms with E-state index in [1.54, 1.807) is 21.3 Å². The monoisotopic (exact) mass is 270 g/mol. The highest BCUT2D eigenvalue weighted by Crippen LogP contribution is 2.07. The molecule has 0 atom stereocenters. The van der Waals surface area contributed by atoms with Gasteiger partial charge in [-0.25, -0.2) is 4.57 Å². The number of rotatable bonds is 8. The molecular weight excluding hydrogens is 246 g/mol. The molecule has 0 saturated carbocycles. The Bertz CT molecular complexity index is 330. The summed E-state index contributed by atoms with van der Waals surface area (Å²) in [6, 6.07) is 4.30. The van der Waals surface area contributed by atoms with Gasteiger partial charge in [-0.05, 0) is 18.4 Å². The SMILES string of the molecule is CCCCc1cc[n+](C[Si](OC)(OC)OC)cc1. The molecule has 0 aliphatic carbocycles. The summed E-state index contributed by atoms with van der Waals surface area (Å²) >= 11 is 0. The van der Waals surface area contributed by atoms with Gasteiger partial charge in [0.05, 0.1) is 0 Å². The van der Waals surface area contributed by atoms with Crippen LogP contribution in [-0.4, -0.2) is 30.1 Å². The molecule has 0 aliphatic heterocycles. The van der Waals surface area contributed by atoms with Crippen LogP contribution in [0.4, 0.5) is 0 Å². The lowest BCUT2D eigenvalue weighted by atomic mass is 10.1. The topological polar surface area (TPSA) is 31.6 Å². The first-order chi connectivity index (χ1) is 8.69. The van der Waals surface area contributed by atoms with Crippen molar-refractivity contribution in [1.29, 1.82) is 0 Å². The zero-order valence-electron chi connectivity index (χ0n) is 11.8. The standard InChI is InChI=1S/C13H24NO3Si/c1-5-6-7-13-8-10-14(11-9-13)12-18(15-2,16-3)17-4/h8-11H,5-7,12H2,1-4H3/q+1. The second-order valence-electron chi connectivity index (χ2n) is 4.28. The number of nitrogens with zero attached hydrogens (tertiary/aromatic N) is 1. The molecule has 0 radical (unpaired) electrons. The highest BCUT2D eigenvalue weighted by Gasteiger charge is 2.43. The summed E-state index contributed by atoms with van der Waals surface area (Å²) in [5.41, 5.74) is 1.37. The third-order valence-corrected chi connectivity index (χ3v) is 5.71. The summed E-state index contributed by atoms with van der Waals surface area (Å²) in [5.74, 6) is 0. The maximum absolute atomic E-state index is 5.41. The third kappa shape index (κ3) is 4.17. The maximum Gasteiger partial charge on any atom is 0.569 e. The van der Waals surface area contributed by atoms with Crippen LogP contribution in [-0.2, 0) is 25.9 Å². The Balaban J connectivity index is 2.67. The Kier molecular flexibility index (Phi) is 6.49. The molecule has 0 amide bonds. The van der Waals surface area contributed by atoms with Gasteiger partial charge in [0.1, 0.15) is 0 Å². The molecule has 0 bridgehead atoms. The lowest BCUT2D eigenvalue weighted by Crippen LogP contribution is -2.56. The Morgan fingerprint density at radius 1 is 1.06 bits per heavy atom. The van der Waals surface area contributed by atoms with Crippen molar-refractivity contribution in [1.82, 2.24) is 0 Å². The molecule has 4 nitrogen and oxygen atoms in total. The highest BCUT2D eigenvalue weighted by molar-refractivity contribution is 6.58. The van der Waals surface area contributed by atoms with Crippen LogP contribution < -0.4 is 4.57 Å². The molecule has 5 heteroatoms. The van der Waals surface area contributed by atoms with E-state index in [-0.39, 0.29) is 0 Å². The van der Waals surface area contributed by atoms with E-state index in [1.165, 1.54) is 18.4 Å². The van der Waals surface area contributed by atoms with Crippen molar-refractivity contribution in [3.63, 3.8) is 0 Å². The van der Waals surface area contributed by atoms with E-state index in [0.717, 1.165) is 6.42 Å². The highest BCUT2D eigenvalue weighted by atomic mass is 28.4. The molecule has 18 heavy (non-hydrogen) atoms. The Morgan fingerprint density at radius 3 is 2.06 bits per heavy atom. The van der Waals surface area contributed by atoms with Crippen molar-refractivity contribution in [3.05, 3.63) is 30.1 Å². The molecule has 0 N–H and O–H groups in total. The quantitative estimate of drug-likeness (QED) is 0.532. The molecule has 0 aromatic carbocycles. The van der Waals surface area contributed by atoms with Crippen LogP contribution in [0.1, 0.15) is 25.3 Å². The van der Waals surface area contributed by atoms with Crippen molar-refractivity contribution < 1.29 is 17.8 Å². The van der Waals surface area contributed by atoms with Crippen molar-refractivity contribution >= 4 is 8.80 Å². The fourth-order valence-electron chi connectivity index (χ4n) is 1.81. The first kappa shape index (κ1) is 15.3. The number of hydrogen-bond acceptors (Lipinski definition) is 3. The minimum atomic E-state index is -2.54. The van der Waals surface area contributed by atoms with Gasteiger partial charge in [0.25, 0.3) is 0 Å². The van der Waals surface area contributed by atoms with Crippen LogP contribution in [0.2, 0.25) is 0 Å². The van der Waals surface area contributed by atoms with Gasteiger partial charge in [0.15, 0.2) is 12.4 Å². The van der Waals surface area contributed by atoms with Crippen LogP contribution in [0, 0.1) is 0 Å². The first-order valence-electron chi connectivity index (χ1n) is 6.33. The molecular formula is C13H24NO3Si+. The number of hydrogen-bond donors (Lipinski definition) is 0. The van der Waals surface area contributed by atoms with Crippen molar-refractivity contribution in [2.45, 2.75) is 32.4 Å². The van der Waals surface area contributed by atoms with E-state index in [1.807, 2.05) is 0 Å². The van der Waals surface area contributed by atoms with E-state index < -0.39 is 8.80 Å². The Morgan fingerprint density at radius 2 is 1.61 bits per heavy atom. The summed E-state index contributed by atoms with van der Waals surface area (Å²) in [6.45, 7) is 2.21. The van der Waals surface area contributed by atoms with Crippen LogP contribution in [0.5, 0.6) is 0 Å². The van der Waals surface area contributed by atoms with Gasteiger partial charge in [-0.3, -0.25) is 0 Å². The normalized spacial score (nSPS) is 11.8. The number of unbranched alkanes of at least 4 members (excludes halogenated alkanes) is 1. The van der Waals surface area contributed by atoms with Gasteiger partial charge in [0.2, 0.25) is 6.17 Å². The first-order valence-corrected chi connectivity index (χ1v) is 8.26. The average molecular weight is 270 g/mol. The van der Waals surface area contributed by atoms with E-state index in [2.05, 4.69) is 36.0 Å². The van der Waals surface area contributed by atoms with Crippen LogP contribution in [0.25, 0.3) is 0 Å². The van der Waals surface area contributed by atoms with Gasteiger partial charge in [0, 0.05) is 33.5 Å². The van der Waals surface area contributed by atoms with E-state index in [4.69, 9.17) is 13.3 Å². The van der Waals surface area contributed by atoms with E-state index in [9.17, 15) is 0 Å². The van der Waals surface area contributed by atoms with Gasteiger partial charge in [-0.2, -0.15) is 0 Å². The fraction of sp³-hybridized carbons (Fsp3) is 0.615. The average Bonchev–Trinajstić information content (AvgIpc) is 2.44. The minimum Gasteiger partial charge on any atom is -0.373 e. The Hall–Kier alpha value is -0.753. The predicted octanol–water partition coefficient (Wildman–Crippen LogP) is 1.73. The number of aryl methyl sites for hydroxylation is 1. The van der Waals surface area contributed by atoms with Crippen LogP contribution >= 0.6 is 0 Å². The second-order valence-corrected chi connectivity index (χ2v) is 7.18. The molecule has 0 aliphatic rings. The van der Waals surface area contributed by atoms with Gasteiger partial charge in [-0.15, -0.1) is 0 Å². The largest absolute Gasteiger partial charge is 0.569 e. The van der Waals surface area contributed by atoms with Crippen molar-refractivity contribution in [3.8, 4) is 0 Å². The zero-order chi connectivity index (χ0) is 13.4. The Labute approximate surface area is 111 Å². The third-order valence-electron chi connectivity index (χ3n) is 3.09. The molecule has 0 spiro atoms. The molecule has 1 rings (SSSR count). The zero-order valence-corrected chi connectivity index (χ0v) is 12.8. The van der Waals surface area contributed by atoms with Gasteiger partial charge >= 0.3 is 8.80 Å². The molecule has 0 fully saturated rings. The number of pyridine rings is 1. The summed E-state index contributed by atoms with van der Waals surface area (Å²) < 4.78 is 18.3. The predicted molar refractivity (Wildman–Crippen MR) is 72.0 cm³/mol. The summed E-state index contributed by atoms with van der Waals surface area (Å²) in [4.78, 5) is 0. The van der Waals surface area contributed by atoms with Gasteiger partial charge < -0.3 is 13.3 Å². The van der Waals surface area contributed by atoms with Crippen molar-refractivity contribution in [2.24, 2.45) is 0 Å². The summed E-state index contributed by atoms with van der Waals surface area (Å²) in [6.07, 6.45) is 8.34. The minimum absolute atomic E-state index is 0.630. The van der Waals surface area contributed by atoms with E-state index >= 15 is 0 Å².